The predicted octanol–water partition coefficient (Wildman–Crippen LogP) is 1.99. The van der Waals surface area contributed by atoms with E-state index < -0.39 is 5.97 Å². The van der Waals surface area contributed by atoms with Crippen LogP contribution in [0.1, 0.15) is 11.1 Å². The summed E-state index contributed by atoms with van der Waals surface area (Å²) >= 11 is 0. The molecule has 0 spiro atoms. The molecule has 0 aliphatic rings. The molecule has 1 N–H and O–H groups in total. The second-order valence-electron chi connectivity index (χ2n) is 2.87. The number of rotatable bonds is 2. The Hall–Kier alpha value is -2.08. The molecule has 3 heteroatoms. The molecule has 14 heavy (non-hydrogen) atoms. The van der Waals surface area contributed by atoms with E-state index in [1.807, 2.05) is 25.1 Å². The second-order valence-corrected chi connectivity index (χ2v) is 2.87. The zero-order valence-corrected chi connectivity index (χ0v) is 7.69. The Morgan fingerprint density at radius 3 is 2.43 bits per heavy atom. The minimum absolute atomic E-state index is 0.164. The first kappa shape index (κ1) is 10.0. The molecule has 70 valence electrons. The topological polar surface area (TPSA) is 61.1 Å². The molecular weight excluding hydrogens is 178 g/mol. The average Bonchev–Trinajstić information content (AvgIpc) is 2.15. The number of nitriles is 1. The molecule has 0 heterocycles. The molecule has 0 bridgehead atoms. The molecule has 0 radical (unpaired) electrons. The molecule has 3 nitrogen and oxygen atoms in total. The van der Waals surface area contributed by atoms with Gasteiger partial charge in [0.05, 0.1) is 5.57 Å². The number of allylic oxidation sites excluding steroid dienone is 1. The monoisotopic (exact) mass is 187 g/mol. The zero-order chi connectivity index (χ0) is 10.6. The summed E-state index contributed by atoms with van der Waals surface area (Å²) in [6.45, 7) is 1.93. The van der Waals surface area contributed by atoms with E-state index in [1.165, 1.54) is 0 Å². The maximum Gasteiger partial charge on any atom is 0.329 e. The molecule has 1 aromatic carbocycles. The fourth-order valence-electron chi connectivity index (χ4n) is 1.04. The normalized spacial score (nSPS) is 10.7. The van der Waals surface area contributed by atoms with Crippen molar-refractivity contribution in [2.45, 2.75) is 6.92 Å². The average molecular weight is 187 g/mol. The van der Waals surface area contributed by atoms with Crippen molar-refractivity contribution in [3.8, 4) is 6.07 Å². The Morgan fingerprint density at radius 2 is 2.00 bits per heavy atom. The largest absolute Gasteiger partial charge is 0.478 e. The third kappa shape index (κ3) is 2.46. The van der Waals surface area contributed by atoms with Crippen molar-refractivity contribution in [2.24, 2.45) is 0 Å². The van der Waals surface area contributed by atoms with E-state index in [0.29, 0.717) is 5.56 Å². The highest BCUT2D eigenvalue weighted by molar-refractivity contribution is 5.94. The summed E-state index contributed by atoms with van der Waals surface area (Å²) in [7, 11) is 0. The summed E-state index contributed by atoms with van der Waals surface area (Å²) in [5.41, 5.74) is 1.86. The number of carboxylic acids is 1. The number of hydrogen-bond donors (Lipinski definition) is 1. The number of carboxylic acid groups (broad SMARTS) is 1. The van der Waals surface area contributed by atoms with Crippen LogP contribution in [0, 0.1) is 18.3 Å². The molecular formula is C11H9NO2. The van der Waals surface area contributed by atoms with Crippen LogP contribution in [-0.2, 0) is 4.79 Å². The van der Waals surface area contributed by atoms with Crippen molar-refractivity contribution in [3.63, 3.8) is 0 Å². The van der Waals surface area contributed by atoms with Gasteiger partial charge >= 0.3 is 5.97 Å². The fourth-order valence-corrected chi connectivity index (χ4v) is 1.04. The van der Waals surface area contributed by atoms with Gasteiger partial charge in [0.25, 0.3) is 0 Å². The Labute approximate surface area is 81.9 Å². The van der Waals surface area contributed by atoms with Gasteiger partial charge in [-0.1, -0.05) is 29.8 Å². The van der Waals surface area contributed by atoms with Crippen molar-refractivity contribution < 1.29 is 9.90 Å². The first-order valence-electron chi connectivity index (χ1n) is 4.05. The highest BCUT2D eigenvalue weighted by Gasteiger charge is 2.02. The lowest BCUT2D eigenvalue weighted by Crippen LogP contribution is -1.91. The quantitative estimate of drug-likeness (QED) is 0.568. The van der Waals surface area contributed by atoms with Gasteiger partial charge in [0.15, 0.2) is 0 Å². The van der Waals surface area contributed by atoms with Crippen LogP contribution >= 0.6 is 0 Å². The maximum absolute atomic E-state index is 10.4. The summed E-state index contributed by atoms with van der Waals surface area (Å²) in [6.07, 6.45) is 0.907. The van der Waals surface area contributed by atoms with Crippen molar-refractivity contribution in [1.82, 2.24) is 0 Å². The van der Waals surface area contributed by atoms with Crippen molar-refractivity contribution >= 4 is 11.5 Å². The highest BCUT2D eigenvalue weighted by Crippen LogP contribution is 2.13. The fraction of sp³-hybridized carbons (Fsp3) is 0.0909. The van der Waals surface area contributed by atoms with E-state index in [9.17, 15) is 4.79 Å². The Balaban J connectivity index is 3.09. The lowest BCUT2D eigenvalue weighted by molar-refractivity contribution is -0.131. The van der Waals surface area contributed by atoms with Gasteiger partial charge in [0.2, 0.25) is 0 Å². The number of aliphatic carboxylic acids is 1. The van der Waals surface area contributed by atoms with Gasteiger partial charge in [0.1, 0.15) is 6.07 Å². The van der Waals surface area contributed by atoms with Crippen LogP contribution < -0.4 is 0 Å². The number of aryl methyl sites for hydroxylation is 1. The SMILES string of the molecule is Cc1ccc(/C(C#N)=C\C(=O)O)cc1. The predicted molar refractivity (Wildman–Crippen MR) is 52.4 cm³/mol. The molecule has 1 aromatic rings. The Kier molecular flexibility index (Phi) is 3.03. The van der Waals surface area contributed by atoms with Crippen LogP contribution in [0.3, 0.4) is 0 Å². The van der Waals surface area contributed by atoms with Crippen LogP contribution in [-0.4, -0.2) is 11.1 Å². The number of hydrogen-bond acceptors (Lipinski definition) is 2. The van der Waals surface area contributed by atoms with E-state index in [4.69, 9.17) is 10.4 Å². The van der Waals surface area contributed by atoms with E-state index in [1.54, 1.807) is 12.1 Å². The third-order valence-corrected chi connectivity index (χ3v) is 1.75. The van der Waals surface area contributed by atoms with Crippen LogP contribution in [0.4, 0.5) is 0 Å². The van der Waals surface area contributed by atoms with Gasteiger partial charge in [-0.2, -0.15) is 5.26 Å². The summed E-state index contributed by atoms with van der Waals surface area (Å²) in [4.78, 5) is 10.4. The van der Waals surface area contributed by atoms with Gasteiger partial charge in [-0.3, -0.25) is 0 Å². The minimum atomic E-state index is -1.11. The minimum Gasteiger partial charge on any atom is -0.478 e. The van der Waals surface area contributed by atoms with Gasteiger partial charge in [-0.05, 0) is 12.5 Å². The van der Waals surface area contributed by atoms with E-state index in [-0.39, 0.29) is 5.57 Å². The van der Waals surface area contributed by atoms with Gasteiger partial charge in [-0.15, -0.1) is 0 Å². The van der Waals surface area contributed by atoms with Gasteiger partial charge < -0.3 is 5.11 Å². The number of nitrogens with zero attached hydrogens (tertiary/aromatic N) is 1. The lowest BCUT2D eigenvalue weighted by Gasteiger charge is -1.98. The molecule has 0 aliphatic heterocycles. The second kappa shape index (κ2) is 4.24. The summed E-state index contributed by atoms with van der Waals surface area (Å²) < 4.78 is 0. The third-order valence-electron chi connectivity index (χ3n) is 1.75. The molecule has 0 aromatic heterocycles. The van der Waals surface area contributed by atoms with Crippen molar-refractivity contribution in [1.29, 1.82) is 5.26 Å². The van der Waals surface area contributed by atoms with E-state index in [2.05, 4.69) is 0 Å². The van der Waals surface area contributed by atoms with Crippen LogP contribution in [0.2, 0.25) is 0 Å². The van der Waals surface area contributed by atoms with Gasteiger partial charge in [0, 0.05) is 6.08 Å². The molecule has 0 aliphatic carbocycles. The zero-order valence-electron chi connectivity index (χ0n) is 7.69. The van der Waals surface area contributed by atoms with Crippen LogP contribution in [0.25, 0.3) is 5.57 Å². The molecule has 0 saturated heterocycles. The Bertz CT molecular complexity index is 410. The maximum atomic E-state index is 10.4. The van der Waals surface area contributed by atoms with Crippen molar-refractivity contribution in [3.05, 3.63) is 41.5 Å². The first-order valence-corrected chi connectivity index (χ1v) is 4.05. The Morgan fingerprint density at radius 1 is 1.43 bits per heavy atom. The summed E-state index contributed by atoms with van der Waals surface area (Å²) in [5, 5.41) is 17.2. The first-order chi connectivity index (χ1) is 6.63. The number of benzene rings is 1. The van der Waals surface area contributed by atoms with Crippen LogP contribution in [0.15, 0.2) is 30.3 Å². The lowest BCUT2D eigenvalue weighted by atomic mass is 10.1. The highest BCUT2D eigenvalue weighted by atomic mass is 16.4. The summed E-state index contributed by atoms with van der Waals surface area (Å²) in [6, 6.07) is 8.98. The van der Waals surface area contributed by atoms with Gasteiger partial charge in [-0.25, -0.2) is 4.79 Å². The van der Waals surface area contributed by atoms with E-state index >= 15 is 0 Å². The molecule has 1 rings (SSSR count). The molecule has 0 saturated carbocycles. The van der Waals surface area contributed by atoms with Crippen molar-refractivity contribution in [2.75, 3.05) is 0 Å². The molecule has 0 atom stereocenters. The standard InChI is InChI=1S/C11H9NO2/c1-8-2-4-9(5-3-8)10(7-12)6-11(13)14/h2-6H,1H3,(H,13,14)/b10-6-. The van der Waals surface area contributed by atoms with Crippen LogP contribution in [0.5, 0.6) is 0 Å². The number of carbonyl (C=O) groups is 1. The smallest absolute Gasteiger partial charge is 0.329 e. The molecule has 0 fully saturated rings. The molecule has 0 amide bonds. The summed E-state index contributed by atoms with van der Waals surface area (Å²) in [5.74, 6) is -1.11. The van der Waals surface area contributed by atoms with E-state index in [0.717, 1.165) is 11.6 Å². The molecule has 0 unspecified atom stereocenters.